The van der Waals surface area contributed by atoms with Crippen LogP contribution in [0.1, 0.15) is 44.3 Å². The molecule has 1 aliphatic heterocycles. The number of methoxy groups -OCH3 is 1. The summed E-state index contributed by atoms with van der Waals surface area (Å²) in [7, 11) is 1.38. The lowest BCUT2D eigenvalue weighted by Gasteiger charge is -2.39. The molecule has 1 fully saturated rings. The van der Waals surface area contributed by atoms with Gasteiger partial charge in [0.15, 0.2) is 5.78 Å². The molecule has 0 aromatic heterocycles. The zero-order valence-corrected chi connectivity index (χ0v) is 17.0. The first-order valence-electron chi connectivity index (χ1n) is 9.66. The maximum absolute atomic E-state index is 13.1. The third kappa shape index (κ3) is 3.17. The van der Waals surface area contributed by atoms with Crippen molar-refractivity contribution < 1.29 is 44.2 Å². The highest BCUT2D eigenvalue weighted by atomic mass is 16.7. The van der Waals surface area contributed by atoms with E-state index in [4.69, 9.17) is 14.2 Å². The molecule has 0 amide bonds. The third-order valence-electron chi connectivity index (χ3n) is 5.75. The van der Waals surface area contributed by atoms with Crippen LogP contribution in [0.3, 0.4) is 0 Å². The van der Waals surface area contributed by atoms with E-state index in [1.165, 1.54) is 33.1 Å². The lowest BCUT2D eigenvalue weighted by atomic mass is 9.82. The van der Waals surface area contributed by atoms with Crippen LogP contribution in [0.25, 0.3) is 0 Å². The molecule has 2 aromatic rings. The number of benzene rings is 2. The molecule has 0 saturated carbocycles. The van der Waals surface area contributed by atoms with Gasteiger partial charge in [0.2, 0.25) is 12.1 Å². The van der Waals surface area contributed by atoms with Crippen LogP contribution in [0.4, 0.5) is 0 Å². The van der Waals surface area contributed by atoms with Crippen LogP contribution in [0.15, 0.2) is 24.3 Å². The Morgan fingerprint density at radius 2 is 1.65 bits per heavy atom. The number of carbonyl (C=O) groups is 2. The molecule has 9 nitrogen and oxygen atoms in total. The number of aliphatic hydroxyl groups is 3. The number of phenols is 1. The molecule has 164 valence electrons. The number of carbonyl (C=O) groups excluding carboxylic acids is 2. The third-order valence-corrected chi connectivity index (χ3v) is 5.75. The monoisotopic (exact) mass is 430 g/mol. The van der Waals surface area contributed by atoms with E-state index in [-0.39, 0.29) is 39.3 Å². The molecule has 4 rings (SSSR count). The molecule has 9 heteroatoms. The topological polar surface area (TPSA) is 143 Å². The predicted octanol–water partition coefficient (Wildman–Crippen LogP) is 0.691. The molecular weight excluding hydrogens is 408 g/mol. The number of fused-ring (bicyclic) bond motifs is 2. The Balaban J connectivity index is 1.78. The minimum atomic E-state index is -1.58. The fraction of sp³-hybridized carbons (Fsp3) is 0.364. The van der Waals surface area contributed by atoms with Crippen molar-refractivity contribution in [3.05, 3.63) is 52.1 Å². The van der Waals surface area contributed by atoms with E-state index in [1.807, 2.05) is 0 Å². The van der Waals surface area contributed by atoms with E-state index in [0.717, 1.165) is 0 Å². The second kappa shape index (κ2) is 7.61. The number of rotatable bonds is 3. The average Bonchev–Trinajstić information content (AvgIpc) is 2.76. The summed E-state index contributed by atoms with van der Waals surface area (Å²) in [6.07, 6.45) is -6.60. The molecular formula is C22H22O9. The van der Waals surface area contributed by atoms with E-state index in [0.29, 0.717) is 0 Å². The largest absolute Gasteiger partial charge is 0.507 e. The van der Waals surface area contributed by atoms with Crippen molar-refractivity contribution >= 4 is 11.6 Å². The lowest BCUT2D eigenvalue weighted by molar-refractivity contribution is -0.268. The van der Waals surface area contributed by atoms with Crippen molar-refractivity contribution in [2.24, 2.45) is 0 Å². The molecule has 2 aliphatic rings. The first kappa shape index (κ1) is 21.3. The maximum Gasteiger partial charge on any atom is 0.229 e. The number of ether oxygens (including phenoxy) is 3. The van der Waals surface area contributed by atoms with Crippen molar-refractivity contribution in [1.82, 2.24) is 0 Å². The van der Waals surface area contributed by atoms with Gasteiger partial charge in [-0.05, 0) is 26.0 Å². The fourth-order valence-electron chi connectivity index (χ4n) is 3.91. The second-order valence-electron chi connectivity index (χ2n) is 7.61. The van der Waals surface area contributed by atoms with Gasteiger partial charge in [-0.3, -0.25) is 9.59 Å². The van der Waals surface area contributed by atoms with E-state index in [9.17, 15) is 30.0 Å². The molecule has 2 aromatic carbocycles. The van der Waals surface area contributed by atoms with Crippen molar-refractivity contribution in [1.29, 1.82) is 0 Å². The Morgan fingerprint density at radius 3 is 2.32 bits per heavy atom. The summed E-state index contributed by atoms with van der Waals surface area (Å²) >= 11 is 0. The van der Waals surface area contributed by atoms with Crippen LogP contribution in [0.5, 0.6) is 17.2 Å². The quantitative estimate of drug-likeness (QED) is 0.472. The van der Waals surface area contributed by atoms with Crippen LogP contribution >= 0.6 is 0 Å². The molecule has 0 radical (unpaired) electrons. The van der Waals surface area contributed by atoms with Crippen LogP contribution in [-0.4, -0.2) is 69.8 Å². The van der Waals surface area contributed by atoms with E-state index < -0.39 is 48.0 Å². The summed E-state index contributed by atoms with van der Waals surface area (Å²) in [5.41, 5.74) is 0.112. The van der Waals surface area contributed by atoms with Gasteiger partial charge in [0, 0.05) is 16.7 Å². The number of ketones is 2. The first-order valence-corrected chi connectivity index (χ1v) is 9.66. The Bertz CT molecular complexity index is 1080. The van der Waals surface area contributed by atoms with E-state index >= 15 is 0 Å². The van der Waals surface area contributed by atoms with Crippen molar-refractivity contribution in [2.45, 2.75) is 44.6 Å². The zero-order valence-electron chi connectivity index (χ0n) is 17.0. The normalized spacial score (nSPS) is 27.5. The Hall–Kier alpha value is -2.98. The van der Waals surface area contributed by atoms with Crippen molar-refractivity contribution in [3.63, 3.8) is 0 Å². The van der Waals surface area contributed by atoms with Crippen molar-refractivity contribution in [2.75, 3.05) is 7.11 Å². The number of aliphatic hydroxyl groups excluding tert-OH is 3. The lowest BCUT2D eigenvalue weighted by Crippen LogP contribution is -2.58. The van der Waals surface area contributed by atoms with E-state index in [1.54, 1.807) is 12.1 Å². The molecule has 1 saturated heterocycles. The Labute approximate surface area is 177 Å². The van der Waals surface area contributed by atoms with Gasteiger partial charge in [0.25, 0.3) is 0 Å². The van der Waals surface area contributed by atoms with Crippen LogP contribution in [-0.2, 0) is 4.74 Å². The highest BCUT2D eigenvalue weighted by Crippen LogP contribution is 2.42. The summed E-state index contributed by atoms with van der Waals surface area (Å²) < 4.78 is 16.3. The maximum atomic E-state index is 13.1. The highest BCUT2D eigenvalue weighted by Gasteiger charge is 2.44. The number of hydrogen-bond acceptors (Lipinski definition) is 9. The van der Waals surface area contributed by atoms with Gasteiger partial charge in [0.1, 0.15) is 35.6 Å². The predicted molar refractivity (Wildman–Crippen MR) is 106 cm³/mol. The standard InChI is InChI=1S/C22H22O9/c1-8-13(31-22-21(28)20(27)17(24)9(2)30-22)7-11-15(16(8)23)19(26)14-10(18(11)25)5-4-6-12(14)29-3/h4-7,9,17,20-24,27-28H,1-3H3/t9-,17-,20+,21+,22+/m0/s1. The molecule has 1 aliphatic carbocycles. The van der Waals surface area contributed by atoms with Gasteiger partial charge in [-0.15, -0.1) is 0 Å². The van der Waals surface area contributed by atoms with Gasteiger partial charge in [-0.25, -0.2) is 0 Å². The molecule has 0 spiro atoms. The first-order chi connectivity index (χ1) is 14.7. The average molecular weight is 430 g/mol. The highest BCUT2D eigenvalue weighted by molar-refractivity contribution is 6.30. The number of aromatic hydroxyl groups is 1. The summed E-state index contributed by atoms with van der Waals surface area (Å²) in [4.78, 5) is 26.2. The molecule has 4 N–H and O–H groups in total. The summed E-state index contributed by atoms with van der Waals surface area (Å²) in [5, 5.41) is 40.8. The molecule has 5 atom stereocenters. The van der Waals surface area contributed by atoms with Gasteiger partial charge >= 0.3 is 0 Å². The minimum Gasteiger partial charge on any atom is -0.507 e. The smallest absolute Gasteiger partial charge is 0.229 e. The van der Waals surface area contributed by atoms with Gasteiger partial charge in [0.05, 0.1) is 24.3 Å². The van der Waals surface area contributed by atoms with Crippen LogP contribution < -0.4 is 9.47 Å². The molecule has 0 unspecified atom stereocenters. The molecule has 31 heavy (non-hydrogen) atoms. The zero-order chi connectivity index (χ0) is 22.6. The fourth-order valence-corrected chi connectivity index (χ4v) is 3.91. The summed E-state index contributed by atoms with van der Waals surface area (Å²) in [5.74, 6) is -1.29. The number of phenolic OH excluding ortho intramolecular Hbond substituents is 1. The number of hydrogen-bond donors (Lipinski definition) is 4. The summed E-state index contributed by atoms with van der Waals surface area (Å²) in [6.45, 7) is 2.98. The van der Waals surface area contributed by atoms with Crippen molar-refractivity contribution in [3.8, 4) is 17.2 Å². The molecule has 1 heterocycles. The minimum absolute atomic E-state index is 0.0106. The second-order valence-corrected chi connectivity index (χ2v) is 7.61. The Kier molecular flexibility index (Phi) is 5.22. The SMILES string of the molecule is COc1cccc2c1C(=O)c1c(cc(O[C@H]3O[C@@H](C)[C@H](O)[C@@H](O)[C@H]3O)c(C)c1O)C2=O. The van der Waals surface area contributed by atoms with Gasteiger partial charge in [-0.2, -0.15) is 0 Å². The van der Waals surface area contributed by atoms with Gasteiger partial charge < -0.3 is 34.6 Å². The van der Waals surface area contributed by atoms with Crippen LogP contribution in [0, 0.1) is 6.92 Å². The Morgan fingerprint density at radius 1 is 0.935 bits per heavy atom. The molecule has 0 bridgehead atoms. The summed E-state index contributed by atoms with van der Waals surface area (Å²) in [6, 6.07) is 5.93. The van der Waals surface area contributed by atoms with Gasteiger partial charge in [-0.1, -0.05) is 12.1 Å². The van der Waals surface area contributed by atoms with E-state index in [2.05, 4.69) is 0 Å². The van der Waals surface area contributed by atoms with Crippen LogP contribution in [0.2, 0.25) is 0 Å².